The summed E-state index contributed by atoms with van der Waals surface area (Å²) in [6, 6.07) is 0.642. The van der Waals surface area contributed by atoms with Crippen molar-refractivity contribution in [3.63, 3.8) is 0 Å². The van der Waals surface area contributed by atoms with E-state index >= 15 is 0 Å². The number of thioether (sulfide) groups is 2. The monoisotopic (exact) mass is 1060 g/mol. The van der Waals surface area contributed by atoms with Crippen LogP contribution in [0, 0.1) is 0 Å². The molecule has 3 saturated heterocycles. The summed E-state index contributed by atoms with van der Waals surface area (Å²) in [6.45, 7) is 16.8. The number of hydrogen-bond acceptors (Lipinski definition) is 26. The fourth-order valence-electron chi connectivity index (χ4n) is 7.43. The van der Waals surface area contributed by atoms with Crippen LogP contribution in [0.2, 0.25) is 25.7 Å². The van der Waals surface area contributed by atoms with Crippen LogP contribution in [0.3, 0.4) is 0 Å². The van der Waals surface area contributed by atoms with E-state index in [1.807, 2.05) is 0 Å². The van der Waals surface area contributed by atoms with Crippen LogP contribution in [0.25, 0.3) is 0 Å². The first-order valence-electron chi connectivity index (χ1n) is 22.1. The second-order valence-corrected chi connectivity index (χ2v) is 25.3. The number of carbonyl (C=O) groups excluding carboxylic acids is 10. The summed E-state index contributed by atoms with van der Waals surface area (Å²) in [6.07, 6.45) is -18.7. The Bertz CT molecular complexity index is 1890. The Morgan fingerprint density at radius 3 is 1.04 bits per heavy atom. The second kappa shape index (κ2) is 27.3. The van der Waals surface area contributed by atoms with Crippen LogP contribution >= 0.6 is 23.5 Å². The van der Waals surface area contributed by atoms with Crippen LogP contribution in [0.5, 0.6) is 0 Å². The molecule has 0 aromatic rings. The zero-order valence-corrected chi connectivity index (χ0v) is 43.9. The Morgan fingerprint density at radius 2 is 0.686 bits per heavy atom. The Kier molecular flexibility index (Phi) is 23.3. The van der Waals surface area contributed by atoms with Gasteiger partial charge in [-0.25, -0.2) is 0 Å². The first-order chi connectivity index (χ1) is 32.6. The molecule has 3 rings (SSSR count). The van der Waals surface area contributed by atoms with Gasteiger partial charge in [0, 0.05) is 95.4 Å². The molecule has 70 heavy (non-hydrogen) atoms. The topological polar surface area (TPSA) is 300 Å². The predicted molar refractivity (Wildman–Crippen MR) is 242 cm³/mol. The third kappa shape index (κ3) is 19.2. The van der Waals surface area contributed by atoms with Gasteiger partial charge < -0.3 is 66.3 Å². The first-order valence-corrected chi connectivity index (χ1v) is 27.9. The van der Waals surface area contributed by atoms with E-state index in [0.717, 1.165) is 92.8 Å². The molecule has 0 radical (unpaired) electrons. The molecule has 24 nitrogen and oxygen atoms in total. The summed E-state index contributed by atoms with van der Waals surface area (Å²) in [5.74, 6) is -8.93. The molecule has 15 atom stereocenters. The highest BCUT2D eigenvalue weighted by molar-refractivity contribution is 8.00. The summed E-state index contributed by atoms with van der Waals surface area (Å²) in [5.41, 5.74) is -2.69. The molecule has 0 saturated carbocycles. The Morgan fingerprint density at radius 1 is 0.386 bits per heavy atom. The van der Waals surface area contributed by atoms with Gasteiger partial charge in [-0.1, -0.05) is 19.6 Å². The van der Waals surface area contributed by atoms with Crippen molar-refractivity contribution >= 4 is 91.3 Å². The highest BCUT2D eigenvalue weighted by Gasteiger charge is 2.57. The van der Waals surface area contributed by atoms with Crippen molar-refractivity contribution in [3.8, 4) is 0 Å². The van der Waals surface area contributed by atoms with E-state index in [1.54, 1.807) is 0 Å². The lowest BCUT2D eigenvalue weighted by Gasteiger charge is -2.47. The van der Waals surface area contributed by atoms with Gasteiger partial charge in [-0.15, -0.1) is 23.5 Å². The minimum atomic E-state index is -1.71. The van der Waals surface area contributed by atoms with E-state index in [4.69, 9.17) is 66.3 Å². The molecule has 0 spiro atoms. The van der Waals surface area contributed by atoms with E-state index in [1.165, 1.54) is 0 Å². The molecule has 0 N–H and O–H groups in total. The lowest BCUT2D eigenvalue weighted by atomic mass is 9.98. The SMILES string of the molecule is CC(=O)OC[C@H]1O[C@@H](SC[C@H]2O[C@@H](SC[C@H]3O[C@@H](OCC[Si](C)(C)C)[C@H](OC(C)=O)[C@@H](OC(C)=O)[C@@H]3OC(C)=O)[C@H](OC(C)=O)[C@@H](OC(C)=O)[C@@H]2OC(C)=O)[C@H](OC(C)=O)[C@@H](OC(C)=O)[C@@H]1OC(C)=O. The number of ether oxygens (including phenoxy) is 14. The highest BCUT2D eigenvalue weighted by Crippen LogP contribution is 2.41. The van der Waals surface area contributed by atoms with Crippen LogP contribution in [-0.4, -0.2) is 183 Å². The molecule has 0 amide bonds. The van der Waals surface area contributed by atoms with Gasteiger partial charge in [0.15, 0.2) is 61.2 Å². The van der Waals surface area contributed by atoms with Crippen LogP contribution in [0.1, 0.15) is 69.2 Å². The lowest BCUT2D eigenvalue weighted by Crippen LogP contribution is -2.63. The number of rotatable bonds is 21. The van der Waals surface area contributed by atoms with Crippen LogP contribution in [0.4, 0.5) is 0 Å². The van der Waals surface area contributed by atoms with Gasteiger partial charge in [-0.3, -0.25) is 47.9 Å². The summed E-state index contributed by atoms with van der Waals surface area (Å²) < 4.78 is 81.2. The normalized spacial score (nSPS) is 30.8. The average molecular weight is 1060 g/mol. The smallest absolute Gasteiger partial charge is 0.303 e. The van der Waals surface area contributed by atoms with Crippen LogP contribution in [-0.2, 0) is 114 Å². The van der Waals surface area contributed by atoms with Crippen molar-refractivity contribution in [1.29, 1.82) is 0 Å². The summed E-state index contributed by atoms with van der Waals surface area (Å²) in [4.78, 5) is 125. The third-order valence-electron chi connectivity index (χ3n) is 9.93. The number of esters is 10. The van der Waals surface area contributed by atoms with Gasteiger partial charge in [-0.05, 0) is 6.04 Å². The number of hydrogen-bond donors (Lipinski definition) is 0. The Hall–Kier alpha value is -4.54. The zero-order chi connectivity index (χ0) is 52.8. The highest BCUT2D eigenvalue weighted by atomic mass is 32.2. The molecule has 3 aliphatic rings. The van der Waals surface area contributed by atoms with E-state index in [9.17, 15) is 47.9 Å². The van der Waals surface area contributed by atoms with Gasteiger partial charge >= 0.3 is 59.7 Å². The number of carbonyl (C=O) groups is 10. The molecule has 3 heterocycles. The maximum Gasteiger partial charge on any atom is 0.303 e. The summed E-state index contributed by atoms with van der Waals surface area (Å²) >= 11 is 1.75. The van der Waals surface area contributed by atoms with Crippen LogP contribution < -0.4 is 0 Å². The van der Waals surface area contributed by atoms with Crippen molar-refractivity contribution in [2.75, 3.05) is 24.7 Å². The molecular formula is C43H64O24S2Si. The molecule has 0 bridgehead atoms. The lowest BCUT2D eigenvalue weighted by molar-refractivity contribution is -0.299. The molecular weight excluding hydrogens is 993 g/mol. The van der Waals surface area contributed by atoms with E-state index in [0.29, 0.717) is 6.04 Å². The van der Waals surface area contributed by atoms with Crippen molar-refractivity contribution in [3.05, 3.63) is 0 Å². The largest absolute Gasteiger partial charge is 0.463 e. The van der Waals surface area contributed by atoms with Crippen molar-refractivity contribution < 1.29 is 114 Å². The maximum absolute atomic E-state index is 12.8. The molecule has 27 heteroatoms. The minimum Gasteiger partial charge on any atom is -0.463 e. The Labute approximate surface area is 414 Å². The molecule has 0 unspecified atom stereocenters. The van der Waals surface area contributed by atoms with Crippen molar-refractivity contribution in [2.45, 2.75) is 185 Å². The van der Waals surface area contributed by atoms with Crippen molar-refractivity contribution in [2.24, 2.45) is 0 Å². The van der Waals surface area contributed by atoms with Crippen molar-refractivity contribution in [1.82, 2.24) is 0 Å². The van der Waals surface area contributed by atoms with Crippen LogP contribution in [0.15, 0.2) is 0 Å². The molecule has 0 aliphatic carbocycles. The standard InChI is InChI=1S/C43H64O24S2Si/c1-19(44)55-16-29-32(56-20(2)45)36(60-24(6)49)39(63-27(9)52)42(66-29)69-18-31-34(58-22(4)47)37(61-25(7)50)40(64-28(10)53)43(67-31)68-17-30-33(57-21(3)46)35(59-23(5)48)38(62-26(8)51)41(65-30)54-14-15-70(11,12)13/h29-43H,14-18H2,1-13H3/t29-,30-,31-,32-,33-,34-,35+,36+,37+,38-,39-,40-,41-,42+,43+/m1/s1. The fraction of sp³-hybridized carbons (Fsp3) is 0.767. The van der Waals surface area contributed by atoms with Gasteiger partial charge in [0.25, 0.3) is 0 Å². The van der Waals surface area contributed by atoms with Gasteiger partial charge in [0.1, 0.15) is 35.8 Å². The van der Waals surface area contributed by atoms with E-state index < -0.39 is 165 Å². The molecule has 396 valence electrons. The molecule has 0 aromatic carbocycles. The molecule has 3 aliphatic heterocycles. The minimum absolute atomic E-state index is 0.143. The van der Waals surface area contributed by atoms with Gasteiger partial charge in [0.2, 0.25) is 0 Å². The second-order valence-electron chi connectivity index (χ2n) is 17.4. The quantitative estimate of drug-likeness (QED) is 0.0901. The maximum atomic E-state index is 12.8. The predicted octanol–water partition coefficient (Wildman–Crippen LogP) is 1.93. The summed E-state index contributed by atoms with van der Waals surface area (Å²) in [7, 11) is -1.71. The zero-order valence-electron chi connectivity index (χ0n) is 41.3. The van der Waals surface area contributed by atoms with E-state index in [2.05, 4.69) is 19.6 Å². The van der Waals surface area contributed by atoms with E-state index in [-0.39, 0.29) is 18.1 Å². The Balaban J connectivity index is 2.16. The average Bonchev–Trinajstić information content (AvgIpc) is 3.19. The fourth-order valence-corrected chi connectivity index (χ4v) is 10.7. The summed E-state index contributed by atoms with van der Waals surface area (Å²) in [5, 5.41) is 0. The third-order valence-corrected chi connectivity index (χ3v) is 14.1. The molecule has 3 fully saturated rings. The van der Waals surface area contributed by atoms with Gasteiger partial charge in [-0.2, -0.15) is 0 Å². The van der Waals surface area contributed by atoms with Gasteiger partial charge in [0.05, 0.1) is 0 Å². The first kappa shape index (κ1) is 59.8. The molecule has 0 aromatic heterocycles.